The zero-order valence-electron chi connectivity index (χ0n) is 6.19. The number of hydrogen-bond acceptors (Lipinski definition) is 3. The van der Waals surface area contributed by atoms with Gasteiger partial charge in [-0.3, -0.25) is 9.78 Å². The van der Waals surface area contributed by atoms with Gasteiger partial charge >= 0.3 is 0 Å². The van der Waals surface area contributed by atoms with Crippen molar-refractivity contribution < 1.29 is 9.90 Å². The lowest BCUT2D eigenvalue weighted by atomic mass is 10.1. The van der Waals surface area contributed by atoms with Gasteiger partial charge in [0.2, 0.25) is 0 Å². The van der Waals surface area contributed by atoms with Gasteiger partial charge in [0.25, 0.3) is 0 Å². The Hall–Kier alpha value is -1.22. The molecule has 1 heterocycles. The first kappa shape index (κ1) is 7.88. The van der Waals surface area contributed by atoms with E-state index >= 15 is 0 Å². The van der Waals surface area contributed by atoms with Gasteiger partial charge in [-0.05, 0) is 19.1 Å². The first-order valence-corrected chi connectivity index (χ1v) is 3.34. The Labute approximate surface area is 64.7 Å². The summed E-state index contributed by atoms with van der Waals surface area (Å²) in [7, 11) is 0. The topological polar surface area (TPSA) is 50.2 Å². The van der Waals surface area contributed by atoms with Crippen LogP contribution in [-0.2, 0) is 0 Å². The minimum absolute atomic E-state index is 0.293. The molecule has 0 saturated carbocycles. The summed E-state index contributed by atoms with van der Waals surface area (Å²) in [4.78, 5) is 14.8. The monoisotopic (exact) mass is 151 g/mol. The second-order valence-electron chi connectivity index (χ2n) is 2.28. The summed E-state index contributed by atoms with van der Waals surface area (Å²) < 4.78 is 0. The second kappa shape index (κ2) is 3.25. The number of Topliss-reactive ketones (excluding diaryl/α,β-unsaturated/α-hetero) is 1. The van der Waals surface area contributed by atoms with Crippen LogP contribution in [0.3, 0.4) is 0 Å². The highest BCUT2D eigenvalue weighted by molar-refractivity contribution is 5.98. The van der Waals surface area contributed by atoms with E-state index in [9.17, 15) is 4.79 Å². The smallest absolute Gasteiger partial charge is 0.192 e. The number of rotatable bonds is 2. The number of carbonyl (C=O) groups excluding carboxylic acids is 1. The van der Waals surface area contributed by atoms with Crippen LogP contribution in [0.1, 0.15) is 17.3 Å². The number of pyridine rings is 1. The summed E-state index contributed by atoms with van der Waals surface area (Å²) in [5, 5.41) is 8.90. The van der Waals surface area contributed by atoms with E-state index < -0.39 is 6.10 Å². The number of carbonyl (C=O) groups is 1. The number of aliphatic hydroxyl groups is 1. The SMILES string of the molecule is C[C@H](O)C(=O)c1cccnc1. The Kier molecular flexibility index (Phi) is 2.33. The molecule has 0 radical (unpaired) electrons. The lowest BCUT2D eigenvalue weighted by Gasteiger charge is -2.00. The Bertz CT molecular complexity index is 244. The standard InChI is InChI=1S/C8H9NO2/c1-6(10)8(11)7-3-2-4-9-5-7/h2-6,10H,1H3/t6-/m0/s1. The molecule has 3 heteroatoms. The van der Waals surface area contributed by atoms with Crippen molar-refractivity contribution >= 4 is 5.78 Å². The molecular weight excluding hydrogens is 142 g/mol. The van der Waals surface area contributed by atoms with Gasteiger partial charge in [-0.2, -0.15) is 0 Å². The number of hydrogen-bond donors (Lipinski definition) is 1. The molecule has 0 unspecified atom stereocenters. The maximum Gasteiger partial charge on any atom is 0.192 e. The van der Waals surface area contributed by atoms with Crippen molar-refractivity contribution in [2.75, 3.05) is 0 Å². The van der Waals surface area contributed by atoms with Crippen LogP contribution in [0.4, 0.5) is 0 Å². The number of aliphatic hydroxyl groups excluding tert-OH is 1. The van der Waals surface area contributed by atoms with E-state index in [1.165, 1.54) is 13.1 Å². The highest BCUT2D eigenvalue weighted by Gasteiger charge is 2.10. The zero-order chi connectivity index (χ0) is 8.27. The first-order valence-electron chi connectivity index (χ1n) is 3.34. The predicted molar refractivity (Wildman–Crippen MR) is 40.2 cm³/mol. The van der Waals surface area contributed by atoms with Crippen LogP contribution in [0.5, 0.6) is 0 Å². The molecule has 1 rings (SSSR count). The van der Waals surface area contributed by atoms with Crippen molar-refractivity contribution in [3.05, 3.63) is 30.1 Å². The van der Waals surface area contributed by atoms with Crippen molar-refractivity contribution in [2.24, 2.45) is 0 Å². The third-order valence-electron chi connectivity index (χ3n) is 1.33. The van der Waals surface area contributed by atoms with E-state index in [0.717, 1.165) is 0 Å². The van der Waals surface area contributed by atoms with Crippen molar-refractivity contribution in [2.45, 2.75) is 13.0 Å². The molecule has 11 heavy (non-hydrogen) atoms. The van der Waals surface area contributed by atoms with Gasteiger partial charge in [-0.1, -0.05) is 0 Å². The van der Waals surface area contributed by atoms with Crippen molar-refractivity contribution in [3.63, 3.8) is 0 Å². The van der Waals surface area contributed by atoms with Crippen molar-refractivity contribution in [1.82, 2.24) is 4.98 Å². The Morgan fingerprint density at radius 2 is 2.45 bits per heavy atom. The van der Waals surface area contributed by atoms with Gasteiger partial charge in [-0.25, -0.2) is 0 Å². The molecule has 0 aliphatic carbocycles. The van der Waals surface area contributed by atoms with Crippen molar-refractivity contribution in [1.29, 1.82) is 0 Å². The molecule has 3 nitrogen and oxygen atoms in total. The average molecular weight is 151 g/mol. The molecule has 1 atom stereocenters. The molecule has 0 saturated heterocycles. The third-order valence-corrected chi connectivity index (χ3v) is 1.33. The molecule has 0 fully saturated rings. The Morgan fingerprint density at radius 3 is 2.91 bits per heavy atom. The molecular formula is C8H9NO2. The maximum atomic E-state index is 11.1. The summed E-state index contributed by atoms with van der Waals surface area (Å²) in [6.45, 7) is 1.44. The van der Waals surface area contributed by atoms with Crippen LogP contribution in [-0.4, -0.2) is 22.0 Å². The molecule has 1 aromatic heterocycles. The minimum Gasteiger partial charge on any atom is -0.385 e. The number of nitrogens with zero attached hydrogens (tertiary/aromatic N) is 1. The molecule has 1 N–H and O–H groups in total. The van der Waals surface area contributed by atoms with Crippen LogP contribution in [0.2, 0.25) is 0 Å². The summed E-state index contributed by atoms with van der Waals surface area (Å²) >= 11 is 0. The van der Waals surface area contributed by atoms with Crippen LogP contribution in [0.25, 0.3) is 0 Å². The molecule has 0 spiro atoms. The van der Waals surface area contributed by atoms with Gasteiger partial charge in [-0.15, -0.1) is 0 Å². The van der Waals surface area contributed by atoms with E-state index in [1.807, 2.05) is 0 Å². The molecule has 58 valence electrons. The summed E-state index contributed by atoms with van der Waals surface area (Å²) in [6.07, 6.45) is 2.08. The van der Waals surface area contributed by atoms with Gasteiger partial charge in [0, 0.05) is 18.0 Å². The summed E-state index contributed by atoms with van der Waals surface area (Å²) in [6, 6.07) is 3.29. The molecule has 0 aliphatic heterocycles. The highest BCUT2D eigenvalue weighted by Crippen LogP contribution is 2.00. The Morgan fingerprint density at radius 1 is 1.73 bits per heavy atom. The van der Waals surface area contributed by atoms with E-state index in [0.29, 0.717) is 5.56 Å². The fraction of sp³-hybridized carbons (Fsp3) is 0.250. The normalized spacial score (nSPS) is 12.5. The average Bonchev–Trinajstić information content (AvgIpc) is 2.05. The minimum atomic E-state index is -0.945. The van der Waals surface area contributed by atoms with E-state index in [-0.39, 0.29) is 5.78 Å². The third kappa shape index (κ3) is 1.85. The predicted octanol–water partition coefficient (Wildman–Crippen LogP) is 0.645. The Balaban J connectivity index is 2.86. The summed E-state index contributed by atoms with van der Waals surface area (Å²) in [5.41, 5.74) is 0.447. The van der Waals surface area contributed by atoms with Crippen LogP contribution in [0.15, 0.2) is 24.5 Å². The fourth-order valence-electron chi connectivity index (χ4n) is 0.750. The fourth-order valence-corrected chi connectivity index (χ4v) is 0.750. The quantitative estimate of drug-likeness (QED) is 0.631. The zero-order valence-corrected chi connectivity index (χ0v) is 6.19. The molecule has 0 amide bonds. The second-order valence-corrected chi connectivity index (χ2v) is 2.28. The van der Waals surface area contributed by atoms with E-state index in [1.54, 1.807) is 18.3 Å². The van der Waals surface area contributed by atoms with E-state index in [4.69, 9.17) is 5.11 Å². The molecule has 0 aliphatic rings. The van der Waals surface area contributed by atoms with Crippen LogP contribution < -0.4 is 0 Å². The van der Waals surface area contributed by atoms with Crippen molar-refractivity contribution in [3.8, 4) is 0 Å². The highest BCUT2D eigenvalue weighted by atomic mass is 16.3. The molecule has 0 bridgehead atoms. The maximum absolute atomic E-state index is 11.1. The van der Waals surface area contributed by atoms with Crippen LogP contribution in [0, 0.1) is 0 Å². The van der Waals surface area contributed by atoms with Gasteiger partial charge in [0.05, 0.1) is 0 Å². The largest absolute Gasteiger partial charge is 0.385 e. The van der Waals surface area contributed by atoms with Gasteiger partial charge in [0.1, 0.15) is 6.10 Å². The lowest BCUT2D eigenvalue weighted by Crippen LogP contribution is -2.15. The number of ketones is 1. The molecule has 0 aromatic carbocycles. The molecule has 1 aromatic rings. The van der Waals surface area contributed by atoms with Crippen LogP contribution >= 0.6 is 0 Å². The van der Waals surface area contributed by atoms with Gasteiger partial charge < -0.3 is 5.11 Å². The number of aromatic nitrogens is 1. The van der Waals surface area contributed by atoms with E-state index in [2.05, 4.69) is 4.98 Å². The lowest BCUT2D eigenvalue weighted by molar-refractivity contribution is 0.0779. The first-order chi connectivity index (χ1) is 5.22. The van der Waals surface area contributed by atoms with Gasteiger partial charge in [0.15, 0.2) is 5.78 Å². The summed E-state index contributed by atoms with van der Waals surface area (Å²) in [5.74, 6) is -0.293.